The molecule has 1 rings (SSSR count). The molecule has 0 aliphatic heterocycles. The summed E-state index contributed by atoms with van der Waals surface area (Å²) >= 11 is 0. The van der Waals surface area contributed by atoms with Crippen molar-refractivity contribution in [2.24, 2.45) is 4.99 Å². The molecule has 0 atom stereocenters. The predicted molar refractivity (Wildman–Crippen MR) is 48.9 cm³/mol. The number of ether oxygens (including phenoxy) is 1. The molecule has 0 amide bonds. The molecule has 0 spiro atoms. The minimum absolute atomic E-state index is 0.213. The van der Waals surface area contributed by atoms with Gasteiger partial charge in [-0.3, -0.25) is 0 Å². The van der Waals surface area contributed by atoms with Crippen molar-refractivity contribution in [3.8, 4) is 0 Å². The number of halogens is 1. The fraction of sp³-hybridized carbons (Fsp3) is 0.300. The summed E-state index contributed by atoms with van der Waals surface area (Å²) in [7, 11) is 1.50. The third-order valence-corrected chi connectivity index (χ3v) is 1.74. The molecule has 0 fully saturated rings. The summed E-state index contributed by atoms with van der Waals surface area (Å²) in [6, 6.07) is 4.54. The molecular weight excluding hydrogens is 185 g/mol. The maximum atomic E-state index is 13.1. The van der Waals surface area contributed by atoms with Crippen molar-refractivity contribution in [1.29, 1.82) is 0 Å². The molecular formula is C10H10FNO2. The monoisotopic (exact) mass is 195 g/mol. The first-order valence-corrected chi connectivity index (χ1v) is 4.08. The molecule has 0 heterocycles. The summed E-state index contributed by atoms with van der Waals surface area (Å²) in [6.45, 7) is 0.435. The van der Waals surface area contributed by atoms with Gasteiger partial charge in [-0.25, -0.2) is 14.2 Å². The van der Waals surface area contributed by atoms with Gasteiger partial charge < -0.3 is 4.74 Å². The van der Waals surface area contributed by atoms with Gasteiger partial charge in [0, 0.05) is 12.7 Å². The van der Waals surface area contributed by atoms with Gasteiger partial charge in [-0.05, 0) is 17.7 Å². The van der Waals surface area contributed by atoms with E-state index in [1.807, 2.05) is 0 Å². The molecule has 1 aromatic rings. The van der Waals surface area contributed by atoms with Crippen LogP contribution in [-0.2, 0) is 22.7 Å². The lowest BCUT2D eigenvalue weighted by atomic mass is 10.1. The number of rotatable bonds is 4. The SMILES string of the molecule is COCc1cc(CN=C=O)ccc1F. The number of methoxy groups -OCH3 is 1. The maximum absolute atomic E-state index is 13.1. The Kier molecular flexibility index (Phi) is 3.98. The molecule has 1 aromatic carbocycles. The number of benzene rings is 1. The van der Waals surface area contributed by atoms with Gasteiger partial charge in [0.2, 0.25) is 6.08 Å². The average Bonchev–Trinajstić information content (AvgIpc) is 2.19. The fourth-order valence-electron chi connectivity index (χ4n) is 1.12. The van der Waals surface area contributed by atoms with E-state index in [4.69, 9.17) is 4.74 Å². The van der Waals surface area contributed by atoms with Gasteiger partial charge in [-0.2, -0.15) is 0 Å². The van der Waals surface area contributed by atoms with Crippen LogP contribution in [0.4, 0.5) is 4.39 Å². The number of isocyanates is 1. The van der Waals surface area contributed by atoms with Crippen molar-refractivity contribution in [3.63, 3.8) is 0 Å². The van der Waals surface area contributed by atoms with Crippen molar-refractivity contribution in [2.45, 2.75) is 13.2 Å². The van der Waals surface area contributed by atoms with Crippen LogP contribution in [0.1, 0.15) is 11.1 Å². The lowest BCUT2D eigenvalue weighted by molar-refractivity contribution is 0.181. The molecule has 0 bridgehead atoms. The second-order valence-electron chi connectivity index (χ2n) is 2.77. The molecule has 0 saturated heterocycles. The number of hydrogen-bond donors (Lipinski definition) is 0. The summed E-state index contributed by atoms with van der Waals surface area (Å²) in [5, 5.41) is 0. The van der Waals surface area contributed by atoms with E-state index in [2.05, 4.69) is 4.99 Å². The van der Waals surface area contributed by atoms with Crippen molar-refractivity contribution in [1.82, 2.24) is 0 Å². The lowest BCUT2D eigenvalue weighted by Gasteiger charge is -2.03. The van der Waals surface area contributed by atoms with Gasteiger partial charge in [0.1, 0.15) is 5.82 Å². The van der Waals surface area contributed by atoms with Gasteiger partial charge in [0.25, 0.3) is 0 Å². The molecule has 0 aliphatic carbocycles. The lowest BCUT2D eigenvalue weighted by Crippen LogP contribution is -1.94. The Morgan fingerprint density at radius 3 is 3.00 bits per heavy atom. The van der Waals surface area contributed by atoms with Crippen LogP contribution in [0.25, 0.3) is 0 Å². The number of carbonyl (C=O) groups excluding carboxylic acids is 1. The average molecular weight is 195 g/mol. The number of aliphatic imine (C=N–C) groups is 1. The molecule has 0 radical (unpaired) electrons. The van der Waals surface area contributed by atoms with E-state index >= 15 is 0 Å². The number of hydrogen-bond acceptors (Lipinski definition) is 3. The molecule has 4 heteroatoms. The molecule has 14 heavy (non-hydrogen) atoms. The maximum Gasteiger partial charge on any atom is 0.235 e. The van der Waals surface area contributed by atoms with E-state index in [9.17, 15) is 9.18 Å². The molecule has 0 saturated carbocycles. The molecule has 0 aliphatic rings. The predicted octanol–water partition coefficient (Wildman–Crippen LogP) is 1.81. The van der Waals surface area contributed by atoms with Crippen LogP contribution in [0, 0.1) is 5.82 Å². The van der Waals surface area contributed by atoms with Crippen molar-refractivity contribution >= 4 is 6.08 Å². The summed E-state index contributed by atoms with van der Waals surface area (Å²) in [5.41, 5.74) is 1.23. The topological polar surface area (TPSA) is 38.7 Å². The Labute approximate surface area is 81.2 Å². The second kappa shape index (κ2) is 5.27. The highest BCUT2D eigenvalue weighted by molar-refractivity contribution is 5.34. The van der Waals surface area contributed by atoms with Gasteiger partial charge in [-0.1, -0.05) is 6.07 Å². The highest BCUT2D eigenvalue weighted by atomic mass is 19.1. The number of nitrogens with zero attached hydrogens (tertiary/aromatic N) is 1. The third kappa shape index (κ3) is 2.76. The van der Waals surface area contributed by atoms with Crippen LogP contribution in [0.5, 0.6) is 0 Å². The highest BCUT2D eigenvalue weighted by Crippen LogP contribution is 2.12. The standard InChI is InChI=1S/C10H10FNO2/c1-14-6-9-4-8(5-12-7-13)2-3-10(9)11/h2-4H,5-6H2,1H3. The van der Waals surface area contributed by atoms with E-state index in [0.29, 0.717) is 5.56 Å². The molecule has 0 aromatic heterocycles. The first-order valence-electron chi connectivity index (χ1n) is 4.08. The molecule has 0 unspecified atom stereocenters. The van der Waals surface area contributed by atoms with E-state index in [1.54, 1.807) is 12.1 Å². The minimum atomic E-state index is -0.314. The van der Waals surface area contributed by atoms with Crippen LogP contribution in [0.3, 0.4) is 0 Å². The molecule has 74 valence electrons. The Balaban J connectivity index is 2.87. The Hall–Kier alpha value is -1.51. The summed E-state index contributed by atoms with van der Waals surface area (Å²) in [6.07, 6.45) is 1.43. The Bertz CT molecular complexity index is 359. The first-order chi connectivity index (χ1) is 6.77. The summed E-state index contributed by atoms with van der Waals surface area (Å²) < 4.78 is 17.9. The van der Waals surface area contributed by atoms with E-state index < -0.39 is 0 Å². The second-order valence-corrected chi connectivity index (χ2v) is 2.77. The quantitative estimate of drug-likeness (QED) is 0.542. The van der Waals surface area contributed by atoms with Crippen LogP contribution in [0.2, 0.25) is 0 Å². The van der Waals surface area contributed by atoms with Crippen LogP contribution >= 0.6 is 0 Å². The van der Waals surface area contributed by atoms with E-state index in [1.165, 1.54) is 19.3 Å². The van der Waals surface area contributed by atoms with Crippen LogP contribution in [-0.4, -0.2) is 13.2 Å². The first kappa shape index (κ1) is 10.6. The van der Waals surface area contributed by atoms with Gasteiger partial charge in [0.05, 0.1) is 13.2 Å². The molecule has 3 nitrogen and oxygen atoms in total. The summed E-state index contributed by atoms with van der Waals surface area (Å²) in [5.74, 6) is -0.314. The normalized spacial score (nSPS) is 9.57. The fourth-order valence-corrected chi connectivity index (χ4v) is 1.12. The van der Waals surface area contributed by atoms with Crippen LogP contribution in [0.15, 0.2) is 23.2 Å². The Morgan fingerprint density at radius 1 is 1.57 bits per heavy atom. The van der Waals surface area contributed by atoms with Crippen LogP contribution < -0.4 is 0 Å². The summed E-state index contributed by atoms with van der Waals surface area (Å²) in [4.78, 5) is 13.3. The van der Waals surface area contributed by atoms with Gasteiger partial charge >= 0.3 is 0 Å². The van der Waals surface area contributed by atoms with Crippen molar-refractivity contribution in [3.05, 3.63) is 35.1 Å². The third-order valence-electron chi connectivity index (χ3n) is 1.74. The molecule has 0 N–H and O–H groups in total. The van der Waals surface area contributed by atoms with Crippen molar-refractivity contribution < 1.29 is 13.9 Å². The zero-order chi connectivity index (χ0) is 10.4. The largest absolute Gasteiger partial charge is 0.380 e. The van der Waals surface area contributed by atoms with Crippen molar-refractivity contribution in [2.75, 3.05) is 7.11 Å². The minimum Gasteiger partial charge on any atom is -0.380 e. The van der Waals surface area contributed by atoms with E-state index in [0.717, 1.165) is 5.56 Å². The smallest absolute Gasteiger partial charge is 0.235 e. The van der Waals surface area contributed by atoms with Gasteiger partial charge in [0.15, 0.2) is 0 Å². The van der Waals surface area contributed by atoms with E-state index in [-0.39, 0.29) is 19.0 Å². The highest BCUT2D eigenvalue weighted by Gasteiger charge is 2.02. The van der Waals surface area contributed by atoms with Gasteiger partial charge in [-0.15, -0.1) is 0 Å². The Morgan fingerprint density at radius 2 is 2.36 bits per heavy atom. The zero-order valence-electron chi connectivity index (χ0n) is 7.79. The zero-order valence-corrected chi connectivity index (χ0v) is 7.79.